The number of nitrogens with zero attached hydrogens (tertiary/aromatic N) is 2. The van der Waals surface area contributed by atoms with Gasteiger partial charge in [0.1, 0.15) is 0 Å². The monoisotopic (exact) mass is 326 g/mol. The molecule has 0 fully saturated rings. The predicted molar refractivity (Wildman–Crippen MR) is 83.6 cm³/mol. The van der Waals surface area contributed by atoms with Crippen LogP contribution >= 0.6 is 15.9 Å². The molecular weight excluding hydrogens is 304 g/mol. The van der Waals surface area contributed by atoms with Crippen molar-refractivity contribution in [1.82, 2.24) is 9.80 Å². The maximum atomic E-state index is 12.4. The van der Waals surface area contributed by atoms with Gasteiger partial charge in [-0.2, -0.15) is 0 Å². The van der Waals surface area contributed by atoms with Gasteiger partial charge in [0.25, 0.3) is 5.91 Å². The summed E-state index contributed by atoms with van der Waals surface area (Å²) < 4.78 is 0.959. The standard InChI is InChI=1S/C15H23BrN2O/c1-5-18(8-6-7-17(3)4)15(19)13-9-12(2)10-14(16)11-13/h9-11H,5-8H2,1-4H3. The molecule has 0 atom stereocenters. The van der Waals surface area contributed by atoms with Crippen molar-refractivity contribution in [3.05, 3.63) is 33.8 Å². The first-order valence-corrected chi connectivity index (χ1v) is 7.44. The van der Waals surface area contributed by atoms with Crippen LogP contribution in [0.25, 0.3) is 0 Å². The van der Waals surface area contributed by atoms with E-state index >= 15 is 0 Å². The summed E-state index contributed by atoms with van der Waals surface area (Å²) in [5.74, 6) is 0.116. The minimum absolute atomic E-state index is 0.116. The third-order valence-corrected chi connectivity index (χ3v) is 3.45. The Morgan fingerprint density at radius 3 is 2.42 bits per heavy atom. The largest absolute Gasteiger partial charge is 0.339 e. The maximum Gasteiger partial charge on any atom is 0.253 e. The van der Waals surface area contributed by atoms with Crippen molar-refractivity contribution in [2.45, 2.75) is 20.3 Å². The van der Waals surface area contributed by atoms with Crippen LogP contribution in [-0.2, 0) is 0 Å². The Labute approximate surface area is 124 Å². The average molecular weight is 327 g/mol. The van der Waals surface area contributed by atoms with Crippen molar-refractivity contribution in [3.63, 3.8) is 0 Å². The zero-order valence-electron chi connectivity index (χ0n) is 12.2. The molecule has 0 aromatic heterocycles. The summed E-state index contributed by atoms with van der Waals surface area (Å²) in [5, 5.41) is 0. The lowest BCUT2D eigenvalue weighted by Gasteiger charge is -2.22. The molecule has 1 aromatic carbocycles. The fraction of sp³-hybridized carbons (Fsp3) is 0.533. The van der Waals surface area contributed by atoms with Crippen LogP contribution in [0.1, 0.15) is 29.3 Å². The Kier molecular flexibility index (Phi) is 6.52. The van der Waals surface area contributed by atoms with Gasteiger partial charge in [0, 0.05) is 23.1 Å². The van der Waals surface area contributed by atoms with Crippen LogP contribution in [0.4, 0.5) is 0 Å². The Morgan fingerprint density at radius 1 is 1.21 bits per heavy atom. The number of carbonyl (C=O) groups excluding carboxylic acids is 1. The molecule has 0 radical (unpaired) electrons. The van der Waals surface area contributed by atoms with E-state index in [0.29, 0.717) is 0 Å². The summed E-state index contributed by atoms with van der Waals surface area (Å²) in [5.41, 5.74) is 1.86. The lowest BCUT2D eigenvalue weighted by molar-refractivity contribution is 0.0759. The molecule has 0 aliphatic heterocycles. The van der Waals surface area contributed by atoms with Gasteiger partial charge in [-0.1, -0.05) is 15.9 Å². The second-order valence-corrected chi connectivity index (χ2v) is 5.97. The smallest absolute Gasteiger partial charge is 0.253 e. The van der Waals surface area contributed by atoms with Crippen LogP contribution in [-0.4, -0.2) is 49.4 Å². The van der Waals surface area contributed by atoms with E-state index in [4.69, 9.17) is 0 Å². The molecule has 0 bridgehead atoms. The van der Waals surface area contributed by atoms with Gasteiger partial charge in [-0.15, -0.1) is 0 Å². The first kappa shape index (κ1) is 16.2. The average Bonchev–Trinajstić information content (AvgIpc) is 2.32. The van der Waals surface area contributed by atoms with Crippen molar-refractivity contribution in [2.24, 2.45) is 0 Å². The fourth-order valence-corrected chi connectivity index (χ4v) is 2.63. The number of carbonyl (C=O) groups is 1. The molecule has 1 aromatic rings. The highest BCUT2D eigenvalue weighted by atomic mass is 79.9. The van der Waals surface area contributed by atoms with Gasteiger partial charge in [-0.05, 0) is 64.7 Å². The molecule has 106 valence electrons. The van der Waals surface area contributed by atoms with E-state index in [0.717, 1.165) is 41.7 Å². The minimum atomic E-state index is 0.116. The highest BCUT2D eigenvalue weighted by molar-refractivity contribution is 9.10. The van der Waals surface area contributed by atoms with E-state index in [1.165, 1.54) is 0 Å². The molecule has 0 aliphatic carbocycles. The number of amides is 1. The second-order valence-electron chi connectivity index (χ2n) is 5.06. The van der Waals surface area contributed by atoms with Crippen LogP contribution in [0, 0.1) is 6.92 Å². The minimum Gasteiger partial charge on any atom is -0.339 e. The number of rotatable bonds is 6. The number of halogens is 1. The van der Waals surface area contributed by atoms with Crippen molar-refractivity contribution < 1.29 is 4.79 Å². The van der Waals surface area contributed by atoms with Crippen molar-refractivity contribution >= 4 is 21.8 Å². The van der Waals surface area contributed by atoms with Crippen LogP contribution < -0.4 is 0 Å². The van der Waals surface area contributed by atoms with Crippen LogP contribution in [0.2, 0.25) is 0 Å². The molecular formula is C15H23BrN2O. The number of aryl methyl sites for hydroxylation is 1. The summed E-state index contributed by atoms with van der Waals surface area (Å²) in [7, 11) is 4.10. The van der Waals surface area contributed by atoms with Crippen molar-refractivity contribution in [2.75, 3.05) is 33.7 Å². The van der Waals surface area contributed by atoms with Crippen molar-refractivity contribution in [3.8, 4) is 0 Å². The Morgan fingerprint density at radius 2 is 1.89 bits per heavy atom. The topological polar surface area (TPSA) is 23.6 Å². The van der Waals surface area contributed by atoms with Crippen LogP contribution in [0.5, 0.6) is 0 Å². The molecule has 0 heterocycles. The molecule has 3 nitrogen and oxygen atoms in total. The molecule has 19 heavy (non-hydrogen) atoms. The normalized spacial score (nSPS) is 10.8. The summed E-state index contributed by atoms with van der Waals surface area (Å²) in [6.07, 6.45) is 1.000. The van der Waals surface area contributed by atoms with Gasteiger partial charge in [0.05, 0.1) is 0 Å². The van der Waals surface area contributed by atoms with Gasteiger partial charge in [-0.25, -0.2) is 0 Å². The SMILES string of the molecule is CCN(CCCN(C)C)C(=O)c1cc(C)cc(Br)c1. The molecule has 1 amide bonds. The molecule has 0 aliphatic rings. The fourth-order valence-electron chi connectivity index (χ4n) is 2.02. The lowest BCUT2D eigenvalue weighted by Crippen LogP contribution is -2.33. The highest BCUT2D eigenvalue weighted by Crippen LogP contribution is 2.17. The lowest BCUT2D eigenvalue weighted by atomic mass is 10.1. The molecule has 0 saturated heterocycles. The Hall–Kier alpha value is -0.870. The summed E-state index contributed by atoms with van der Waals surface area (Å²) in [6, 6.07) is 5.85. The highest BCUT2D eigenvalue weighted by Gasteiger charge is 2.14. The predicted octanol–water partition coefficient (Wildman–Crippen LogP) is 3.17. The maximum absolute atomic E-state index is 12.4. The van der Waals surface area contributed by atoms with Crippen LogP contribution in [0.3, 0.4) is 0 Å². The zero-order chi connectivity index (χ0) is 14.4. The summed E-state index contributed by atoms with van der Waals surface area (Å²) in [6.45, 7) is 6.58. The van der Waals surface area contributed by atoms with E-state index in [1.807, 2.05) is 36.9 Å². The molecule has 0 unspecified atom stereocenters. The number of benzene rings is 1. The van der Waals surface area contributed by atoms with E-state index in [-0.39, 0.29) is 5.91 Å². The molecule has 0 spiro atoms. The van der Waals surface area contributed by atoms with E-state index < -0.39 is 0 Å². The quantitative estimate of drug-likeness (QED) is 0.801. The van der Waals surface area contributed by atoms with Crippen LogP contribution in [0.15, 0.2) is 22.7 Å². The first-order valence-electron chi connectivity index (χ1n) is 6.65. The van der Waals surface area contributed by atoms with Gasteiger partial charge in [-0.3, -0.25) is 4.79 Å². The molecule has 0 N–H and O–H groups in total. The van der Waals surface area contributed by atoms with E-state index in [9.17, 15) is 4.79 Å². The third kappa shape index (κ3) is 5.33. The van der Waals surface area contributed by atoms with Gasteiger partial charge in [0.2, 0.25) is 0 Å². The Balaban J connectivity index is 2.72. The first-order chi connectivity index (χ1) is 8.93. The van der Waals surface area contributed by atoms with Gasteiger partial charge >= 0.3 is 0 Å². The number of hydrogen-bond donors (Lipinski definition) is 0. The van der Waals surface area contributed by atoms with Gasteiger partial charge < -0.3 is 9.80 Å². The summed E-state index contributed by atoms with van der Waals surface area (Å²) in [4.78, 5) is 16.5. The van der Waals surface area contributed by atoms with E-state index in [1.54, 1.807) is 0 Å². The second kappa shape index (κ2) is 7.65. The van der Waals surface area contributed by atoms with Crippen molar-refractivity contribution in [1.29, 1.82) is 0 Å². The molecule has 1 rings (SSSR count). The molecule has 0 saturated carbocycles. The zero-order valence-corrected chi connectivity index (χ0v) is 13.8. The van der Waals surface area contributed by atoms with Gasteiger partial charge in [0.15, 0.2) is 0 Å². The molecule has 4 heteroatoms. The third-order valence-electron chi connectivity index (χ3n) is 2.99. The Bertz CT molecular complexity index is 412. The number of hydrogen-bond acceptors (Lipinski definition) is 2. The summed E-state index contributed by atoms with van der Waals surface area (Å²) >= 11 is 3.45. The van der Waals surface area contributed by atoms with E-state index in [2.05, 4.69) is 34.9 Å².